The number of benzene rings is 1. The van der Waals surface area contributed by atoms with Crippen LogP contribution in [-0.2, 0) is 24.8 Å². The molecule has 2 unspecified atom stereocenters. The zero-order valence-corrected chi connectivity index (χ0v) is 25.2. The third-order valence-corrected chi connectivity index (χ3v) is 10.3. The summed E-state index contributed by atoms with van der Waals surface area (Å²) in [5.41, 5.74) is 2.97. The minimum Gasteiger partial charge on any atom is -0.611 e. The van der Waals surface area contributed by atoms with Crippen LogP contribution in [0.2, 0.25) is 0 Å². The molecule has 4 aromatic heterocycles. The van der Waals surface area contributed by atoms with E-state index in [-0.39, 0.29) is 17.4 Å². The molecule has 11 heteroatoms. The second kappa shape index (κ2) is 11.4. The highest BCUT2D eigenvalue weighted by Crippen LogP contribution is 2.29. The summed E-state index contributed by atoms with van der Waals surface area (Å²) in [5.74, 6) is 1.53. The predicted octanol–water partition coefficient (Wildman–Crippen LogP) is 4.98. The average molecular weight is 588 g/mol. The molecule has 0 amide bonds. The van der Waals surface area contributed by atoms with E-state index in [1.54, 1.807) is 23.0 Å². The number of rotatable bonds is 8. The molecular formula is C30H33N7O2S2. The number of aryl methyl sites for hydroxylation is 1. The average Bonchev–Trinajstić information content (AvgIpc) is 3.71. The number of thiophene rings is 1. The molecule has 1 fully saturated rings. The van der Waals surface area contributed by atoms with Crippen molar-refractivity contribution < 1.29 is 4.55 Å². The van der Waals surface area contributed by atoms with E-state index in [2.05, 4.69) is 51.5 Å². The number of fused-ring (bicyclic) bond motifs is 1. The molecule has 9 nitrogen and oxygen atoms in total. The van der Waals surface area contributed by atoms with E-state index in [4.69, 9.17) is 4.98 Å². The van der Waals surface area contributed by atoms with Gasteiger partial charge in [0, 0.05) is 49.3 Å². The third kappa shape index (κ3) is 5.54. The molecule has 5 aromatic rings. The van der Waals surface area contributed by atoms with E-state index in [1.807, 2.05) is 43.1 Å². The molecule has 0 aliphatic carbocycles. The molecule has 1 N–H and O–H groups in total. The molecule has 0 radical (unpaired) electrons. The van der Waals surface area contributed by atoms with Crippen LogP contribution in [0, 0.1) is 0 Å². The topological polar surface area (TPSA) is 104 Å². The fraction of sp³-hybridized carbons (Fsp3) is 0.333. The fourth-order valence-corrected chi connectivity index (χ4v) is 7.58. The molecule has 0 spiro atoms. The highest BCUT2D eigenvalue weighted by Gasteiger charge is 2.24. The lowest BCUT2D eigenvalue weighted by molar-refractivity contribution is 0.411. The molecule has 5 heterocycles. The van der Waals surface area contributed by atoms with Crippen LogP contribution in [0.1, 0.15) is 36.6 Å². The number of hydrogen-bond donors (Lipinski definition) is 1. The highest BCUT2D eigenvalue weighted by molar-refractivity contribution is 7.92. The first-order valence-corrected chi connectivity index (χ1v) is 15.8. The van der Waals surface area contributed by atoms with Crippen molar-refractivity contribution in [2.24, 2.45) is 7.05 Å². The van der Waals surface area contributed by atoms with Gasteiger partial charge in [-0.2, -0.15) is 4.98 Å². The van der Waals surface area contributed by atoms with Gasteiger partial charge in [0.1, 0.15) is 16.7 Å². The molecule has 1 saturated heterocycles. The predicted molar refractivity (Wildman–Crippen MR) is 166 cm³/mol. The molecule has 1 aromatic carbocycles. The monoisotopic (exact) mass is 587 g/mol. The van der Waals surface area contributed by atoms with E-state index >= 15 is 0 Å². The second-order valence-corrected chi connectivity index (χ2v) is 13.8. The van der Waals surface area contributed by atoms with Crippen molar-refractivity contribution in [1.82, 2.24) is 29.0 Å². The molecule has 1 aliphatic rings. The zero-order chi connectivity index (χ0) is 28.7. The Bertz CT molecular complexity index is 1740. The Morgan fingerprint density at radius 2 is 1.98 bits per heavy atom. The SMILES string of the molecule is CC(C)[S+]([O-])c1ccsc1Cn1c(=O)c(-c2nccn2C)cc2cnc(Nc3ccc(C4CCN(C)C4)cc3)nc21. The van der Waals surface area contributed by atoms with E-state index < -0.39 is 11.2 Å². The van der Waals surface area contributed by atoms with Gasteiger partial charge in [-0.05, 0) is 80.1 Å². The lowest BCUT2D eigenvalue weighted by atomic mass is 9.98. The van der Waals surface area contributed by atoms with Crippen LogP contribution in [0.5, 0.6) is 0 Å². The Morgan fingerprint density at radius 1 is 1.17 bits per heavy atom. The van der Waals surface area contributed by atoms with Crippen molar-refractivity contribution in [3.05, 3.63) is 81.2 Å². The van der Waals surface area contributed by atoms with E-state index in [0.717, 1.165) is 33.9 Å². The van der Waals surface area contributed by atoms with Crippen LogP contribution in [0.4, 0.5) is 11.6 Å². The maximum absolute atomic E-state index is 14.0. The van der Waals surface area contributed by atoms with Gasteiger partial charge in [-0.3, -0.25) is 9.36 Å². The maximum atomic E-state index is 14.0. The molecule has 2 atom stereocenters. The quantitative estimate of drug-likeness (QED) is 0.255. The van der Waals surface area contributed by atoms with E-state index in [1.165, 1.54) is 23.3 Å². The molecule has 6 rings (SSSR count). The van der Waals surface area contributed by atoms with Gasteiger partial charge >= 0.3 is 0 Å². The number of hydrogen-bond acceptors (Lipinski definition) is 8. The molecule has 212 valence electrons. The van der Waals surface area contributed by atoms with Gasteiger partial charge in [0.2, 0.25) is 5.95 Å². The highest BCUT2D eigenvalue weighted by atomic mass is 32.2. The summed E-state index contributed by atoms with van der Waals surface area (Å²) in [6.45, 7) is 6.32. The summed E-state index contributed by atoms with van der Waals surface area (Å²) < 4.78 is 16.5. The first-order valence-electron chi connectivity index (χ1n) is 13.7. The van der Waals surface area contributed by atoms with Crippen molar-refractivity contribution in [2.45, 2.75) is 42.9 Å². The number of likely N-dealkylation sites (tertiary alicyclic amines) is 1. The minimum atomic E-state index is -1.17. The van der Waals surface area contributed by atoms with Gasteiger partial charge in [-0.25, -0.2) is 9.97 Å². The number of anilines is 2. The lowest BCUT2D eigenvalue weighted by Gasteiger charge is -2.16. The molecule has 1 aliphatic heterocycles. The van der Waals surface area contributed by atoms with Crippen molar-refractivity contribution in [3.63, 3.8) is 0 Å². The Hall–Kier alpha value is -3.51. The lowest BCUT2D eigenvalue weighted by Crippen LogP contribution is -2.25. The van der Waals surface area contributed by atoms with Gasteiger partial charge in [0.25, 0.3) is 5.56 Å². The standard InChI is InChI=1S/C30H33N7O2S2/c1-19(2)41(39)26-10-14-40-25(26)18-37-27-22(15-24(29(37)38)28-31-11-13-36(28)4)16-32-30(34-27)33-23-7-5-20(6-8-23)21-9-12-35(3)17-21/h5-8,10-11,13-16,19,21H,9,12,17-18H2,1-4H3,(H,32,33,34). The van der Waals surface area contributed by atoms with E-state index in [0.29, 0.717) is 28.9 Å². The largest absolute Gasteiger partial charge is 0.611 e. The smallest absolute Gasteiger partial charge is 0.263 e. The third-order valence-electron chi connectivity index (χ3n) is 7.57. The maximum Gasteiger partial charge on any atom is 0.263 e. The Labute approximate surface area is 246 Å². The molecule has 0 saturated carbocycles. The van der Waals surface area contributed by atoms with Crippen LogP contribution in [0.25, 0.3) is 22.4 Å². The summed E-state index contributed by atoms with van der Waals surface area (Å²) in [6.07, 6.45) is 6.39. The van der Waals surface area contributed by atoms with Gasteiger partial charge < -0.3 is 19.3 Å². The Morgan fingerprint density at radius 3 is 2.66 bits per heavy atom. The van der Waals surface area contributed by atoms with Crippen LogP contribution in [0.3, 0.4) is 0 Å². The van der Waals surface area contributed by atoms with Gasteiger partial charge in [-0.1, -0.05) is 12.1 Å². The zero-order valence-electron chi connectivity index (χ0n) is 23.6. The number of imidazole rings is 1. The van der Waals surface area contributed by atoms with E-state index in [9.17, 15) is 9.35 Å². The normalized spacial score (nSPS) is 16.6. The second-order valence-electron chi connectivity index (χ2n) is 10.8. The van der Waals surface area contributed by atoms with Gasteiger partial charge in [0.05, 0.1) is 17.0 Å². The number of likely N-dealkylation sites (N-methyl/N-ethyl adjacent to an activating group) is 1. The van der Waals surface area contributed by atoms with Crippen molar-refractivity contribution >= 4 is 45.2 Å². The number of pyridine rings is 1. The van der Waals surface area contributed by atoms with Crippen LogP contribution >= 0.6 is 11.3 Å². The fourth-order valence-electron chi connectivity index (χ4n) is 5.35. The van der Waals surface area contributed by atoms with Crippen LogP contribution in [-0.4, -0.2) is 58.9 Å². The van der Waals surface area contributed by atoms with Crippen molar-refractivity contribution in [3.8, 4) is 11.4 Å². The summed E-state index contributed by atoms with van der Waals surface area (Å²) in [6, 6.07) is 12.1. The van der Waals surface area contributed by atoms with Crippen LogP contribution in [0.15, 0.2) is 70.1 Å². The summed E-state index contributed by atoms with van der Waals surface area (Å²) in [4.78, 5) is 31.8. The molecule has 0 bridgehead atoms. The molecule has 41 heavy (non-hydrogen) atoms. The van der Waals surface area contributed by atoms with Crippen LogP contribution < -0.4 is 10.9 Å². The Balaban J connectivity index is 1.39. The number of nitrogens with one attached hydrogen (secondary N) is 1. The van der Waals surface area contributed by atoms with Crippen molar-refractivity contribution in [1.29, 1.82) is 0 Å². The summed E-state index contributed by atoms with van der Waals surface area (Å²) in [7, 11) is 4.02. The first kappa shape index (κ1) is 27.6. The van der Waals surface area contributed by atoms with Gasteiger partial charge in [0.15, 0.2) is 4.90 Å². The van der Waals surface area contributed by atoms with Gasteiger partial charge in [-0.15, -0.1) is 11.3 Å². The summed E-state index contributed by atoms with van der Waals surface area (Å²) in [5, 5.41) is 5.93. The molecular weight excluding hydrogens is 555 g/mol. The first-order chi connectivity index (χ1) is 19.8. The summed E-state index contributed by atoms with van der Waals surface area (Å²) >= 11 is 0.323. The minimum absolute atomic E-state index is 0.0326. The number of aromatic nitrogens is 5. The van der Waals surface area contributed by atoms with Crippen molar-refractivity contribution in [2.75, 3.05) is 25.5 Å². The number of nitrogens with zero attached hydrogens (tertiary/aromatic N) is 6. The Kier molecular flexibility index (Phi) is 7.69.